The molecule has 2 unspecified atom stereocenters. The van der Waals surface area contributed by atoms with E-state index >= 15 is 0 Å². The molecule has 2 atom stereocenters. The number of piperidine rings is 1. The summed E-state index contributed by atoms with van der Waals surface area (Å²) in [6, 6.07) is 15.7. The van der Waals surface area contributed by atoms with Gasteiger partial charge in [0, 0.05) is 31.0 Å². The van der Waals surface area contributed by atoms with Gasteiger partial charge < -0.3 is 25.2 Å². The van der Waals surface area contributed by atoms with Gasteiger partial charge in [0.15, 0.2) is 0 Å². The minimum absolute atomic E-state index is 0.0420. The van der Waals surface area contributed by atoms with Crippen molar-refractivity contribution < 1.29 is 19.1 Å². The van der Waals surface area contributed by atoms with Crippen molar-refractivity contribution in [3.63, 3.8) is 0 Å². The SMILES string of the molecule is COc1ccc(NC(=O)C2CCCN2C(=O)C2CCCN(C(=O)Nc3ccccc3)C2)cc1. The number of carbonyl (C=O) groups excluding carboxylic acids is 3. The molecule has 4 rings (SSSR count). The lowest BCUT2D eigenvalue weighted by atomic mass is 9.96. The van der Waals surface area contributed by atoms with Crippen LogP contribution in [0.15, 0.2) is 54.6 Å². The number of methoxy groups -OCH3 is 1. The molecular weight excluding hydrogens is 420 g/mol. The van der Waals surface area contributed by atoms with Gasteiger partial charge in [-0.05, 0) is 62.1 Å². The van der Waals surface area contributed by atoms with E-state index in [9.17, 15) is 14.4 Å². The molecule has 2 aliphatic rings. The Bertz CT molecular complexity index is 980. The highest BCUT2D eigenvalue weighted by molar-refractivity contribution is 5.98. The number of anilines is 2. The van der Waals surface area contributed by atoms with Gasteiger partial charge in [-0.2, -0.15) is 0 Å². The Morgan fingerprint density at radius 3 is 2.30 bits per heavy atom. The molecule has 2 heterocycles. The Labute approximate surface area is 193 Å². The van der Waals surface area contributed by atoms with E-state index in [1.807, 2.05) is 30.3 Å². The minimum atomic E-state index is -0.492. The highest BCUT2D eigenvalue weighted by Gasteiger charge is 2.39. The van der Waals surface area contributed by atoms with Crippen LogP contribution in [0.2, 0.25) is 0 Å². The van der Waals surface area contributed by atoms with Gasteiger partial charge in [0.2, 0.25) is 11.8 Å². The van der Waals surface area contributed by atoms with Crippen LogP contribution in [0.5, 0.6) is 5.75 Å². The number of benzene rings is 2. The molecule has 4 amide bonds. The summed E-state index contributed by atoms with van der Waals surface area (Å²) in [5.41, 5.74) is 1.40. The van der Waals surface area contributed by atoms with E-state index in [2.05, 4.69) is 10.6 Å². The number of urea groups is 1. The highest BCUT2D eigenvalue weighted by atomic mass is 16.5. The van der Waals surface area contributed by atoms with E-state index in [0.717, 1.165) is 24.9 Å². The van der Waals surface area contributed by atoms with Crippen LogP contribution in [0.1, 0.15) is 25.7 Å². The van der Waals surface area contributed by atoms with E-state index in [-0.39, 0.29) is 23.8 Å². The van der Waals surface area contributed by atoms with Crippen LogP contribution in [0, 0.1) is 5.92 Å². The predicted octanol–water partition coefficient (Wildman–Crippen LogP) is 3.57. The molecular formula is C25H30N4O4. The van der Waals surface area contributed by atoms with E-state index in [1.54, 1.807) is 41.2 Å². The summed E-state index contributed by atoms with van der Waals surface area (Å²) in [5, 5.41) is 5.81. The fraction of sp³-hybridized carbons (Fsp3) is 0.400. The van der Waals surface area contributed by atoms with E-state index in [0.29, 0.717) is 37.5 Å². The van der Waals surface area contributed by atoms with Crippen LogP contribution in [-0.2, 0) is 9.59 Å². The Morgan fingerprint density at radius 1 is 0.879 bits per heavy atom. The number of rotatable bonds is 5. The Morgan fingerprint density at radius 2 is 1.58 bits per heavy atom. The fourth-order valence-corrected chi connectivity index (χ4v) is 4.52. The van der Waals surface area contributed by atoms with Crippen molar-refractivity contribution in [1.29, 1.82) is 0 Å². The zero-order valence-electron chi connectivity index (χ0n) is 18.8. The smallest absolute Gasteiger partial charge is 0.321 e. The van der Waals surface area contributed by atoms with Gasteiger partial charge >= 0.3 is 6.03 Å². The molecule has 2 aromatic carbocycles. The maximum Gasteiger partial charge on any atom is 0.321 e. The quantitative estimate of drug-likeness (QED) is 0.729. The average molecular weight is 451 g/mol. The van der Waals surface area contributed by atoms with Crippen molar-refractivity contribution >= 4 is 29.2 Å². The van der Waals surface area contributed by atoms with E-state index in [1.165, 1.54) is 0 Å². The molecule has 0 saturated carbocycles. The van der Waals surface area contributed by atoms with Crippen LogP contribution in [0.3, 0.4) is 0 Å². The molecule has 2 aromatic rings. The second-order valence-corrected chi connectivity index (χ2v) is 8.49. The van der Waals surface area contributed by atoms with E-state index in [4.69, 9.17) is 4.74 Å². The van der Waals surface area contributed by atoms with Crippen LogP contribution in [0.4, 0.5) is 16.2 Å². The molecule has 2 saturated heterocycles. The molecule has 8 heteroatoms. The molecule has 2 aliphatic heterocycles. The minimum Gasteiger partial charge on any atom is -0.497 e. The molecule has 33 heavy (non-hydrogen) atoms. The van der Waals surface area contributed by atoms with Gasteiger partial charge in [-0.3, -0.25) is 9.59 Å². The van der Waals surface area contributed by atoms with Crippen LogP contribution in [-0.4, -0.2) is 60.4 Å². The normalized spacial score (nSPS) is 20.3. The number of ether oxygens (including phenoxy) is 1. The third-order valence-electron chi connectivity index (χ3n) is 6.28. The van der Waals surface area contributed by atoms with Crippen LogP contribution < -0.4 is 15.4 Å². The van der Waals surface area contributed by atoms with Gasteiger partial charge in [0.05, 0.1) is 13.0 Å². The van der Waals surface area contributed by atoms with Crippen molar-refractivity contribution in [1.82, 2.24) is 9.80 Å². The number of likely N-dealkylation sites (tertiary alicyclic amines) is 2. The summed E-state index contributed by atoms with van der Waals surface area (Å²) in [5.74, 6) is 0.193. The van der Waals surface area contributed by atoms with Gasteiger partial charge in [0.1, 0.15) is 11.8 Å². The lowest BCUT2D eigenvalue weighted by Gasteiger charge is -2.35. The largest absolute Gasteiger partial charge is 0.497 e. The second-order valence-electron chi connectivity index (χ2n) is 8.49. The predicted molar refractivity (Wildman–Crippen MR) is 126 cm³/mol. The van der Waals surface area contributed by atoms with Gasteiger partial charge in [-0.15, -0.1) is 0 Å². The lowest BCUT2D eigenvalue weighted by Crippen LogP contribution is -2.51. The summed E-state index contributed by atoms with van der Waals surface area (Å²) in [4.78, 5) is 42.4. The van der Waals surface area contributed by atoms with Crippen molar-refractivity contribution in [2.75, 3.05) is 37.4 Å². The summed E-state index contributed by atoms with van der Waals surface area (Å²) in [7, 11) is 1.59. The number of hydrogen-bond acceptors (Lipinski definition) is 4. The van der Waals surface area contributed by atoms with Gasteiger partial charge in [-0.25, -0.2) is 4.79 Å². The summed E-state index contributed by atoms with van der Waals surface area (Å²) in [6.07, 6.45) is 2.91. The first-order valence-corrected chi connectivity index (χ1v) is 11.4. The zero-order valence-corrected chi connectivity index (χ0v) is 18.8. The lowest BCUT2D eigenvalue weighted by molar-refractivity contribution is -0.141. The highest BCUT2D eigenvalue weighted by Crippen LogP contribution is 2.26. The Kier molecular flexibility index (Phi) is 7.12. The third kappa shape index (κ3) is 5.45. The molecule has 174 valence electrons. The molecule has 0 spiro atoms. The number of carbonyl (C=O) groups is 3. The molecule has 0 radical (unpaired) electrons. The second kappa shape index (κ2) is 10.4. The first-order valence-electron chi connectivity index (χ1n) is 11.4. The number of amides is 4. The van der Waals surface area contributed by atoms with Crippen molar-refractivity contribution in [3.05, 3.63) is 54.6 Å². The number of nitrogens with zero attached hydrogens (tertiary/aromatic N) is 2. The molecule has 8 nitrogen and oxygen atoms in total. The topological polar surface area (TPSA) is 91.0 Å². The molecule has 0 aliphatic carbocycles. The Balaban J connectivity index is 1.36. The van der Waals surface area contributed by atoms with Crippen LogP contribution >= 0.6 is 0 Å². The first kappa shape index (κ1) is 22.6. The van der Waals surface area contributed by atoms with Crippen molar-refractivity contribution in [2.24, 2.45) is 5.92 Å². The molecule has 0 bridgehead atoms. The van der Waals surface area contributed by atoms with Crippen molar-refractivity contribution in [3.8, 4) is 5.75 Å². The maximum absolute atomic E-state index is 13.3. The van der Waals surface area contributed by atoms with Gasteiger partial charge in [-0.1, -0.05) is 18.2 Å². The average Bonchev–Trinajstić information content (AvgIpc) is 3.35. The van der Waals surface area contributed by atoms with Crippen molar-refractivity contribution in [2.45, 2.75) is 31.7 Å². The maximum atomic E-state index is 13.3. The van der Waals surface area contributed by atoms with Crippen LogP contribution in [0.25, 0.3) is 0 Å². The summed E-state index contributed by atoms with van der Waals surface area (Å²) < 4.78 is 5.15. The Hall–Kier alpha value is -3.55. The van der Waals surface area contributed by atoms with E-state index < -0.39 is 6.04 Å². The first-order chi connectivity index (χ1) is 16.0. The standard InChI is InChI=1S/C25H30N4O4/c1-33-21-13-11-20(12-14-21)26-23(30)22-10-6-16-29(22)24(31)18-7-5-15-28(17-18)25(32)27-19-8-3-2-4-9-19/h2-4,8-9,11-14,18,22H,5-7,10,15-17H2,1H3,(H,26,30)(H,27,32). The number of para-hydroxylation sites is 1. The number of hydrogen-bond donors (Lipinski definition) is 2. The molecule has 2 N–H and O–H groups in total. The molecule has 0 aromatic heterocycles. The third-order valence-corrected chi connectivity index (χ3v) is 6.28. The molecule has 2 fully saturated rings. The van der Waals surface area contributed by atoms with Gasteiger partial charge in [0.25, 0.3) is 0 Å². The summed E-state index contributed by atoms with van der Waals surface area (Å²) >= 11 is 0. The zero-order chi connectivity index (χ0) is 23.2. The summed E-state index contributed by atoms with van der Waals surface area (Å²) in [6.45, 7) is 1.54. The fourth-order valence-electron chi connectivity index (χ4n) is 4.52. The monoisotopic (exact) mass is 450 g/mol. The number of nitrogens with one attached hydrogen (secondary N) is 2.